The minimum absolute atomic E-state index is 0.465. The van der Waals surface area contributed by atoms with Crippen molar-refractivity contribution in [2.75, 3.05) is 0 Å². The van der Waals surface area contributed by atoms with Crippen molar-refractivity contribution in [1.29, 1.82) is 0 Å². The predicted molar refractivity (Wildman–Crippen MR) is 65.8 cm³/mol. The Bertz CT molecular complexity index is 152. The number of hydrogen-bond acceptors (Lipinski definition) is 3. The van der Waals surface area contributed by atoms with Gasteiger partial charge in [-0.1, -0.05) is 65.2 Å². The van der Waals surface area contributed by atoms with Crippen LogP contribution in [0.4, 0.5) is 0 Å². The minimum atomic E-state index is -2.50. The first-order valence-corrected chi connectivity index (χ1v) is 6.65. The third-order valence-electron chi connectivity index (χ3n) is 3.15. The lowest BCUT2D eigenvalue weighted by Crippen LogP contribution is -2.35. The Morgan fingerprint density at radius 2 is 1.25 bits per heavy atom. The van der Waals surface area contributed by atoms with E-state index in [4.69, 9.17) is 15.3 Å². The molecule has 0 aromatic carbocycles. The van der Waals surface area contributed by atoms with Crippen LogP contribution >= 0.6 is 0 Å². The quantitative estimate of drug-likeness (QED) is 0.401. The molecule has 0 amide bonds. The molecule has 0 aromatic heterocycles. The van der Waals surface area contributed by atoms with Crippen molar-refractivity contribution in [2.45, 2.75) is 77.6 Å². The molecule has 0 heterocycles. The van der Waals surface area contributed by atoms with Gasteiger partial charge in [0.2, 0.25) is 0 Å². The molecule has 0 saturated heterocycles. The Morgan fingerprint density at radius 1 is 0.812 bits per heavy atom. The summed E-state index contributed by atoms with van der Waals surface area (Å²) in [6.07, 6.45) is 10.5. The fourth-order valence-corrected chi connectivity index (χ4v) is 1.78. The number of hydrogen-bond donors (Lipinski definition) is 3. The van der Waals surface area contributed by atoms with Crippen LogP contribution in [0.3, 0.4) is 0 Å². The van der Waals surface area contributed by atoms with Crippen LogP contribution in [0, 0.1) is 5.92 Å². The maximum Gasteiger partial charge on any atom is 0.277 e. The molecule has 3 heteroatoms. The predicted octanol–water partition coefficient (Wildman–Crippen LogP) is 2.78. The van der Waals surface area contributed by atoms with Gasteiger partial charge in [0.15, 0.2) is 0 Å². The molecule has 98 valence electrons. The van der Waals surface area contributed by atoms with Gasteiger partial charge in [-0.25, -0.2) is 0 Å². The van der Waals surface area contributed by atoms with E-state index >= 15 is 0 Å². The van der Waals surface area contributed by atoms with E-state index < -0.39 is 11.9 Å². The number of unbranched alkanes of at least 4 members (excludes halogenated alkanes) is 7. The monoisotopic (exact) mass is 232 g/mol. The first-order chi connectivity index (χ1) is 7.48. The summed E-state index contributed by atoms with van der Waals surface area (Å²) in [6.45, 7) is 3.87. The van der Waals surface area contributed by atoms with Crippen LogP contribution in [0.25, 0.3) is 0 Å². The Labute approximate surface area is 99.5 Å². The second-order valence-corrected chi connectivity index (χ2v) is 4.85. The van der Waals surface area contributed by atoms with Crippen LogP contribution in [0.15, 0.2) is 0 Å². The Kier molecular flexibility index (Phi) is 8.90. The van der Waals surface area contributed by atoms with E-state index in [-0.39, 0.29) is 0 Å². The third-order valence-corrected chi connectivity index (χ3v) is 3.15. The van der Waals surface area contributed by atoms with Gasteiger partial charge in [0.05, 0.1) is 0 Å². The average Bonchev–Trinajstić information content (AvgIpc) is 2.20. The van der Waals surface area contributed by atoms with Crippen molar-refractivity contribution in [3.63, 3.8) is 0 Å². The summed E-state index contributed by atoms with van der Waals surface area (Å²) in [5.41, 5.74) is 0. The highest BCUT2D eigenvalue weighted by Gasteiger charge is 2.26. The van der Waals surface area contributed by atoms with E-state index in [0.717, 1.165) is 12.8 Å². The molecule has 0 rings (SSSR count). The molecule has 3 nitrogen and oxygen atoms in total. The van der Waals surface area contributed by atoms with E-state index in [1.807, 2.05) is 0 Å². The lowest BCUT2D eigenvalue weighted by atomic mass is 10.00. The largest absolute Gasteiger partial charge is 0.343 e. The first-order valence-electron chi connectivity index (χ1n) is 6.65. The molecule has 16 heavy (non-hydrogen) atoms. The van der Waals surface area contributed by atoms with Crippen LogP contribution in [0.5, 0.6) is 0 Å². The zero-order valence-corrected chi connectivity index (χ0v) is 10.8. The van der Waals surface area contributed by atoms with Crippen molar-refractivity contribution >= 4 is 0 Å². The molecule has 0 fully saturated rings. The summed E-state index contributed by atoms with van der Waals surface area (Å²) >= 11 is 0. The van der Waals surface area contributed by atoms with Gasteiger partial charge in [0.1, 0.15) is 0 Å². The van der Waals surface area contributed by atoms with Crippen molar-refractivity contribution in [2.24, 2.45) is 5.92 Å². The topological polar surface area (TPSA) is 60.7 Å². The molecule has 0 aliphatic heterocycles. The van der Waals surface area contributed by atoms with Crippen molar-refractivity contribution < 1.29 is 15.3 Å². The van der Waals surface area contributed by atoms with Crippen LogP contribution < -0.4 is 0 Å². The number of rotatable bonds is 10. The minimum Gasteiger partial charge on any atom is -0.343 e. The molecular weight excluding hydrogens is 204 g/mol. The fourth-order valence-electron chi connectivity index (χ4n) is 1.78. The van der Waals surface area contributed by atoms with E-state index in [1.165, 1.54) is 38.5 Å². The van der Waals surface area contributed by atoms with E-state index in [1.54, 1.807) is 6.92 Å². The summed E-state index contributed by atoms with van der Waals surface area (Å²) in [5, 5.41) is 26.7. The van der Waals surface area contributed by atoms with Crippen LogP contribution in [-0.4, -0.2) is 21.3 Å². The molecule has 0 spiro atoms. The molecule has 1 unspecified atom stereocenters. The van der Waals surface area contributed by atoms with Gasteiger partial charge >= 0.3 is 0 Å². The second-order valence-electron chi connectivity index (χ2n) is 4.85. The van der Waals surface area contributed by atoms with Gasteiger partial charge in [-0.15, -0.1) is 0 Å². The van der Waals surface area contributed by atoms with Crippen LogP contribution in [0.1, 0.15) is 71.6 Å². The highest BCUT2D eigenvalue weighted by Crippen LogP contribution is 2.19. The first kappa shape index (κ1) is 15.9. The maximum absolute atomic E-state index is 8.90. The van der Waals surface area contributed by atoms with Crippen molar-refractivity contribution in [1.82, 2.24) is 0 Å². The summed E-state index contributed by atoms with van der Waals surface area (Å²) in [4.78, 5) is 0. The van der Waals surface area contributed by atoms with Gasteiger partial charge < -0.3 is 15.3 Å². The zero-order valence-electron chi connectivity index (χ0n) is 10.8. The van der Waals surface area contributed by atoms with Gasteiger partial charge in [-0.3, -0.25) is 0 Å². The highest BCUT2D eigenvalue weighted by atomic mass is 16.7. The highest BCUT2D eigenvalue weighted by molar-refractivity contribution is 4.60. The van der Waals surface area contributed by atoms with Gasteiger partial charge in [-0.05, 0) is 6.42 Å². The molecule has 0 aliphatic carbocycles. The normalized spacial score (nSPS) is 14.1. The van der Waals surface area contributed by atoms with Crippen molar-refractivity contribution in [3.8, 4) is 0 Å². The van der Waals surface area contributed by atoms with E-state index in [0.29, 0.717) is 6.42 Å². The van der Waals surface area contributed by atoms with E-state index in [2.05, 4.69) is 6.92 Å². The van der Waals surface area contributed by atoms with Crippen LogP contribution in [0.2, 0.25) is 0 Å². The summed E-state index contributed by atoms with van der Waals surface area (Å²) in [5.74, 6) is -2.96. The Morgan fingerprint density at radius 3 is 1.69 bits per heavy atom. The molecule has 0 saturated carbocycles. The summed E-state index contributed by atoms with van der Waals surface area (Å²) in [6, 6.07) is 0. The van der Waals surface area contributed by atoms with Gasteiger partial charge in [0.25, 0.3) is 5.97 Å². The SMILES string of the molecule is CCCCCCCCCCC(C)C(O)(O)O. The second kappa shape index (κ2) is 8.97. The molecule has 1 atom stereocenters. The number of aliphatic hydroxyl groups is 3. The maximum atomic E-state index is 8.90. The zero-order chi connectivity index (χ0) is 12.4. The summed E-state index contributed by atoms with van der Waals surface area (Å²) < 4.78 is 0. The standard InChI is InChI=1S/C13H28O3/c1-3-4-5-6-7-8-9-10-11-12(2)13(14,15)16/h12,14-16H,3-11H2,1-2H3. The average molecular weight is 232 g/mol. The smallest absolute Gasteiger partial charge is 0.277 e. The fraction of sp³-hybridized carbons (Fsp3) is 1.00. The molecule has 0 aliphatic rings. The van der Waals surface area contributed by atoms with Gasteiger partial charge in [-0.2, -0.15) is 0 Å². The lowest BCUT2D eigenvalue weighted by Gasteiger charge is -2.21. The molecular formula is C13H28O3. The third kappa shape index (κ3) is 9.13. The lowest BCUT2D eigenvalue weighted by molar-refractivity contribution is -0.339. The van der Waals surface area contributed by atoms with Crippen molar-refractivity contribution in [3.05, 3.63) is 0 Å². The van der Waals surface area contributed by atoms with Crippen LogP contribution in [-0.2, 0) is 0 Å². The molecule has 3 N–H and O–H groups in total. The molecule has 0 bridgehead atoms. The molecule has 0 aromatic rings. The summed E-state index contributed by atoms with van der Waals surface area (Å²) in [7, 11) is 0. The Hall–Kier alpha value is -0.120. The van der Waals surface area contributed by atoms with E-state index in [9.17, 15) is 0 Å². The van der Waals surface area contributed by atoms with Gasteiger partial charge in [0, 0.05) is 5.92 Å². The molecule has 0 radical (unpaired) electrons. The Balaban J connectivity index is 3.21.